The number of rotatable bonds is 7. The first-order valence-electron chi connectivity index (χ1n) is 9.74. The highest BCUT2D eigenvalue weighted by Gasteiger charge is 2.27. The second-order valence-electron chi connectivity index (χ2n) is 7.12. The van der Waals surface area contributed by atoms with E-state index in [1.807, 2.05) is 44.2 Å². The first kappa shape index (κ1) is 20.9. The van der Waals surface area contributed by atoms with Crippen LogP contribution in [0.5, 0.6) is 0 Å². The fourth-order valence-electron chi connectivity index (χ4n) is 3.40. The van der Waals surface area contributed by atoms with Crippen molar-refractivity contribution in [3.63, 3.8) is 0 Å². The molecule has 0 atom stereocenters. The van der Waals surface area contributed by atoms with Crippen LogP contribution < -0.4 is 5.32 Å². The fraction of sp³-hybridized carbons (Fsp3) is 0.476. The Kier molecular flexibility index (Phi) is 7.50. The molecule has 0 radical (unpaired) electrons. The van der Waals surface area contributed by atoms with Gasteiger partial charge in [0.2, 0.25) is 11.8 Å². The molecule has 5 nitrogen and oxygen atoms in total. The van der Waals surface area contributed by atoms with Gasteiger partial charge in [-0.3, -0.25) is 9.59 Å². The SMILES string of the molecule is Cc1nc(NC(=O)CN(C(=O)CSc2ccccc2)C2CCCCC2)sc1C. The number of carbonyl (C=O) groups excluding carboxylic acids is 2. The number of thioether (sulfide) groups is 1. The number of aryl methyl sites for hydroxylation is 2. The predicted molar refractivity (Wildman–Crippen MR) is 116 cm³/mol. The van der Waals surface area contributed by atoms with Crippen LogP contribution >= 0.6 is 23.1 Å². The second-order valence-corrected chi connectivity index (χ2v) is 9.38. The molecule has 0 aliphatic heterocycles. The van der Waals surface area contributed by atoms with Crippen LogP contribution in [0.1, 0.15) is 42.7 Å². The largest absolute Gasteiger partial charge is 0.330 e. The minimum absolute atomic E-state index is 0.0300. The lowest BCUT2D eigenvalue weighted by Crippen LogP contribution is -2.46. The van der Waals surface area contributed by atoms with Gasteiger partial charge in [-0.1, -0.05) is 37.5 Å². The monoisotopic (exact) mass is 417 g/mol. The minimum atomic E-state index is -0.169. The molecule has 1 heterocycles. The van der Waals surface area contributed by atoms with E-state index in [2.05, 4.69) is 10.3 Å². The summed E-state index contributed by atoms with van der Waals surface area (Å²) in [5.74, 6) is 0.211. The normalized spacial score (nSPS) is 14.6. The smallest absolute Gasteiger partial charge is 0.245 e. The van der Waals surface area contributed by atoms with Crippen LogP contribution in [0.15, 0.2) is 35.2 Å². The van der Waals surface area contributed by atoms with Gasteiger partial charge in [0, 0.05) is 15.8 Å². The Bertz CT molecular complexity index is 782. The summed E-state index contributed by atoms with van der Waals surface area (Å²) in [5, 5.41) is 3.48. The summed E-state index contributed by atoms with van der Waals surface area (Å²) in [7, 11) is 0. The molecule has 7 heteroatoms. The van der Waals surface area contributed by atoms with Crippen LogP contribution in [0, 0.1) is 13.8 Å². The van der Waals surface area contributed by atoms with Crippen LogP contribution in [0.3, 0.4) is 0 Å². The van der Waals surface area contributed by atoms with Crippen molar-refractivity contribution in [2.24, 2.45) is 0 Å². The van der Waals surface area contributed by atoms with Crippen LogP contribution in [-0.4, -0.2) is 40.0 Å². The van der Waals surface area contributed by atoms with Crippen molar-refractivity contribution in [1.82, 2.24) is 9.88 Å². The van der Waals surface area contributed by atoms with Crippen molar-refractivity contribution in [2.75, 3.05) is 17.6 Å². The zero-order valence-electron chi connectivity index (χ0n) is 16.4. The number of hydrogen-bond donors (Lipinski definition) is 1. The summed E-state index contributed by atoms with van der Waals surface area (Å²) >= 11 is 2.99. The molecule has 0 spiro atoms. The van der Waals surface area contributed by atoms with E-state index in [-0.39, 0.29) is 24.4 Å². The van der Waals surface area contributed by atoms with Gasteiger partial charge in [0.05, 0.1) is 11.4 Å². The standard InChI is InChI=1S/C21H27N3O2S2/c1-15-16(2)28-21(22-15)23-19(25)13-24(17-9-5-3-6-10-17)20(26)14-27-18-11-7-4-8-12-18/h4,7-8,11-12,17H,3,5-6,9-10,13-14H2,1-2H3,(H,22,23,25). The molecule has 1 aliphatic rings. The highest BCUT2D eigenvalue weighted by molar-refractivity contribution is 8.00. The van der Waals surface area contributed by atoms with Crippen LogP contribution in [-0.2, 0) is 9.59 Å². The van der Waals surface area contributed by atoms with Gasteiger partial charge in [0.15, 0.2) is 5.13 Å². The van der Waals surface area contributed by atoms with E-state index in [1.165, 1.54) is 29.5 Å². The van der Waals surface area contributed by atoms with Gasteiger partial charge in [0.25, 0.3) is 0 Å². The van der Waals surface area contributed by atoms with E-state index in [0.29, 0.717) is 10.9 Å². The third-order valence-corrected chi connectivity index (χ3v) is 7.02. The Hall–Kier alpha value is -1.86. The molecule has 0 saturated heterocycles. The number of carbonyl (C=O) groups is 2. The zero-order chi connectivity index (χ0) is 19.9. The molecule has 0 bridgehead atoms. The zero-order valence-corrected chi connectivity index (χ0v) is 18.1. The summed E-state index contributed by atoms with van der Waals surface area (Å²) in [6.07, 6.45) is 5.40. The van der Waals surface area contributed by atoms with Gasteiger partial charge in [-0.2, -0.15) is 0 Å². The predicted octanol–water partition coefficient (Wildman–Crippen LogP) is 4.65. The van der Waals surface area contributed by atoms with Crippen molar-refractivity contribution in [3.8, 4) is 0 Å². The summed E-state index contributed by atoms with van der Waals surface area (Å²) in [5.41, 5.74) is 0.930. The number of aromatic nitrogens is 1. The number of amides is 2. The number of anilines is 1. The average Bonchev–Trinajstić information content (AvgIpc) is 3.02. The van der Waals surface area contributed by atoms with Gasteiger partial charge in [-0.25, -0.2) is 4.98 Å². The maximum absolute atomic E-state index is 13.0. The third kappa shape index (κ3) is 5.82. The molecule has 2 amide bonds. The Morgan fingerprint density at radius 3 is 2.54 bits per heavy atom. The van der Waals surface area contributed by atoms with Gasteiger partial charge in [0.1, 0.15) is 6.54 Å². The van der Waals surface area contributed by atoms with Crippen molar-refractivity contribution in [2.45, 2.75) is 56.9 Å². The molecule has 1 N–H and O–H groups in total. The first-order valence-corrected chi connectivity index (χ1v) is 11.5. The van der Waals surface area contributed by atoms with Crippen molar-refractivity contribution in [3.05, 3.63) is 40.9 Å². The summed E-state index contributed by atoms with van der Waals surface area (Å²) in [6, 6.07) is 10.1. The van der Waals surface area contributed by atoms with Gasteiger partial charge in [-0.15, -0.1) is 23.1 Å². The highest BCUT2D eigenvalue weighted by atomic mass is 32.2. The number of nitrogens with zero attached hydrogens (tertiary/aromatic N) is 2. The van der Waals surface area contributed by atoms with E-state index in [9.17, 15) is 9.59 Å². The maximum atomic E-state index is 13.0. The van der Waals surface area contributed by atoms with Crippen molar-refractivity contribution < 1.29 is 9.59 Å². The molecule has 28 heavy (non-hydrogen) atoms. The number of nitrogens with one attached hydrogen (secondary N) is 1. The quantitative estimate of drug-likeness (QED) is 0.666. The summed E-state index contributed by atoms with van der Waals surface area (Å²) in [4.78, 5) is 33.9. The Labute approximate surface area is 174 Å². The van der Waals surface area contributed by atoms with Gasteiger partial charge < -0.3 is 10.2 Å². The molecule has 150 valence electrons. The van der Waals surface area contributed by atoms with Gasteiger partial charge in [-0.05, 0) is 38.8 Å². The van der Waals surface area contributed by atoms with E-state index in [1.54, 1.807) is 4.90 Å². The van der Waals surface area contributed by atoms with E-state index in [4.69, 9.17) is 0 Å². The van der Waals surface area contributed by atoms with Crippen LogP contribution in [0.4, 0.5) is 5.13 Å². The lowest BCUT2D eigenvalue weighted by Gasteiger charge is -2.34. The number of benzene rings is 1. The Balaban J connectivity index is 1.63. The highest BCUT2D eigenvalue weighted by Crippen LogP contribution is 2.25. The molecule has 1 aromatic heterocycles. The lowest BCUT2D eigenvalue weighted by molar-refractivity contribution is -0.135. The molecule has 1 saturated carbocycles. The van der Waals surface area contributed by atoms with Crippen molar-refractivity contribution in [1.29, 1.82) is 0 Å². The fourth-order valence-corrected chi connectivity index (χ4v) is 5.03. The summed E-state index contributed by atoms with van der Waals surface area (Å²) < 4.78 is 0. The molecule has 2 aromatic rings. The van der Waals surface area contributed by atoms with E-state index >= 15 is 0 Å². The molecule has 1 aromatic carbocycles. The molecule has 0 unspecified atom stereocenters. The minimum Gasteiger partial charge on any atom is -0.330 e. The average molecular weight is 418 g/mol. The number of thiazole rings is 1. The van der Waals surface area contributed by atoms with Crippen molar-refractivity contribution >= 4 is 40.0 Å². The van der Waals surface area contributed by atoms with Gasteiger partial charge >= 0.3 is 0 Å². The second kappa shape index (κ2) is 10.1. The Morgan fingerprint density at radius 2 is 1.89 bits per heavy atom. The third-order valence-electron chi connectivity index (χ3n) is 5.03. The molecule has 1 fully saturated rings. The number of hydrogen-bond acceptors (Lipinski definition) is 5. The van der Waals surface area contributed by atoms with E-state index in [0.717, 1.165) is 41.1 Å². The maximum Gasteiger partial charge on any atom is 0.245 e. The molecule has 3 rings (SSSR count). The van der Waals surface area contributed by atoms with Crippen LogP contribution in [0.25, 0.3) is 0 Å². The molecular weight excluding hydrogens is 390 g/mol. The summed E-state index contributed by atoms with van der Waals surface area (Å²) in [6.45, 7) is 4.01. The molecular formula is C21H27N3O2S2. The topological polar surface area (TPSA) is 62.3 Å². The van der Waals surface area contributed by atoms with E-state index < -0.39 is 0 Å². The molecule has 1 aliphatic carbocycles. The first-order chi connectivity index (χ1) is 13.5. The van der Waals surface area contributed by atoms with Crippen LogP contribution in [0.2, 0.25) is 0 Å². The Morgan fingerprint density at radius 1 is 1.18 bits per heavy atom. The lowest BCUT2D eigenvalue weighted by atomic mass is 9.94.